The first-order chi connectivity index (χ1) is 11.7. The summed E-state index contributed by atoms with van der Waals surface area (Å²) in [4.78, 5) is 23.4. The first-order valence-corrected chi connectivity index (χ1v) is 8.64. The molecule has 0 radical (unpaired) electrons. The second-order valence-electron chi connectivity index (χ2n) is 5.86. The van der Waals surface area contributed by atoms with Crippen molar-refractivity contribution in [2.75, 3.05) is 25.0 Å². The highest BCUT2D eigenvalue weighted by Gasteiger charge is 2.07. The number of carbonyl (C=O) groups excluding carboxylic acids is 2. The fraction of sp³-hybridized carbons (Fsp3) is 0.474. The normalized spacial score (nSPS) is 13.8. The van der Waals surface area contributed by atoms with E-state index >= 15 is 0 Å². The van der Waals surface area contributed by atoms with Crippen molar-refractivity contribution in [2.24, 2.45) is 0 Å². The third-order valence-corrected chi connectivity index (χ3v) is 4.00. The molecule has 0 atom stereocenters. The predicted molar refractivity (Wildman–Crippen MR) is 95.1 cm³/mol. The van der Waals surface area contributed by atoms with Crippen LogP contribution in [0, 0.1) is 0 Å². The lowest BCUT2D eigenvalue weighted by Crippen LogP contribution is -2.30. The van der Waals surface area contributed by atoms with E-state index in [1.807, 2.05) is 0 Å². The van der Waals surface area contributed by atoms with Crippen molar-refractivity contribution in [2.45, 2.75) is 39.0 Å². The van der Waals surface area contributed by atoms with Crippen molar-refractivity contribution in [3.05, 3.63) is 41.5 Å². The van der Waals surface area contributed by atoms with Crippen molar-refractivity contribution in [3.63, 3.8) is 0 Å². The average Bonchev–Trinajstić information content (AvgIpc) is 2.61. The molecule has 24 heavy (non-hydrogen) atoms. The molecule has 1 aromatic rings. The SMILES string of the molecule is CCOC(=O)c1ccc(NCC(=O)NCCC2=CCCCC2)cc1. The average molecular weight is 330 g/mol. The molecule has 0 spiro atoms. The van der Waals surface area contributed by atoms with Crippen LogP contribution in [-0.2, 0) is 9.53 Å². The maximum absolute atomic E-state index is 11.9. The van der Waals surface area contributed by atoms with E-state index in [-0.39, 0.29) is 18.4 Å². The molecule has 5 nitrogen and oxygen atoms in total. The van der Waals surface area contributed by atoms with Gasteiger partial charge in [0.2, 0.25) is 5.91 Å². The number of rotatable bonds is 8. The van der Waals surface area contributed by atoms with Gasteiger partial charge < -0.3 is 15.4 Å². The minimum Gasteiger partial charge on any atom is -0.462 e. The monoisotopic (exact) mass is 330 g/mol. The molecule has 1 aliphatic rings. The number of hydrogen-bond donors (Lipinski definition) is 2. The van der Waals surface area contributed by atoms with E-state index in [1.165, 1.54) is 31.3 Å². The zero-order chi connectivity index (χ0) is 17.2. The number of hydrogen-bond acceptors (Lipinski definition) is 4. The van der Waals surface area contributed by atoms with Crippen LogP contribution in [0.1, 0.15) is 49.4 Å². The molecule has 130 valence electrons. The molecular formula is C19H26N2O3. The van der Waals surface area contributed by atoms with Gasteiger partial charge in [-0.15, -0.1) is 0 Å². The molecule has 1 aromatic carbocycles. The molecule has 0 aromatic heterocycles. The minimum absolute atomic E-state index is 0.0270. The molecule has 5 heteroatoms. The molecule has 0 aliphatic heterocycles. The number of anilines is 1. The summed E-state index contributed by atoms with van der Waals surface area (Å²) < 4.78 is 4.93. The van der Waals surface area contributed by atoms with E-state index in [9.17, 15) is 9.59 Å². The maximum atomic E-state index is 11.9. The highest BCUT2D eigenvalue weighted by atomic mass is 16.5. The second-order valence-corrected chi connectivity index (χ2v) is 5.86. The summed E-state index contributed by atoms with van der Waals surface area (Å²) >= 11 is 0. The maximum Gasteiger partial charge on any atom is 0.338 e. The lowest BCUT2D eigenvalue weighted by Gasteiger charge is -2.13. The Balaban J connectivity index is 1.67. The van der Waals surface area contributed by atoms with Crippen molar-refractivity contribution in [1.29, 1.82) is 0 Å². The molecule has 2 N–H and O–H groups in total. The van der Waals surface area contributed by atoms with E-state index in [0.717, 1.165) is 12.1 Å². The Bertz CT molecular complexity index is 579. The Hall–Kier alpha value is -2.30. The molecule has 0 bridgehead atoms. The van der Waals surface area contributed by atoms with E-state index in [4.69, 9.17) is 4.74 Å². The highest BCUT2D eigenvalue weighted by Crippen LogP contribution is 2.19. The Kier molecular flexibility index (Phi) is 7.33. The first-order valence-electron chi connectivity index (χ1n) is 8.64. The first kappa shape index (κ1) is 18.0. The lowest BCUT2D eigenvalue weighted by molar-refractivity contribution is -0.119. The Morgan fingerprint density at radius 2 is 1.96 bits per heavy atom. The summed E-state index contributed by atoms with van der Waals surface area (Å²) in [5, 5.41) is 5.98. The Morgan fingerprint density at radius 1 is 1.17 bits per heavy atom. The van der Waals surface area contributed by atoms with Gasteiger partial charge in [0, 0.05) is 12.2 Å². The number of amides is 1. The Labute approximate surface area is 143 Å². The zero-order valence-corrected chi connectivity index (χ0v) is 14.3. The van der Waals surface area contributed by atoms with E-state index in [0.29, 0.717) is 18.7 Å². The summed E-state index contributed by atoms with van der Waals surface area (Å²) in [6.45, 7) is 3.04. The van der Waals surface area contributed by atoms with Gasteiger partial charge in [0.1, 0.15) is 0 Å². The summed E-state index contributed by atoms with van der Waals surface area (Å²) in [5.74, 6) is -0.361. The lowest BCUT2D eigenvalue weighted by atomic mass is 9.97. The smallest absolute Gasteiger partial charge is 0.338 e. The number of carbonyl (C=O) groups is 2. The van der Waals surface area contributed by atoms with Gasteiger partial charge in [-0.2, -0.15) is 0 Å². The van der Waals surface area contributed by atoms with E-state index in [2.05, 4.69) is 16.7 Å². The number of esters is 1. The fourth-order valence-electron chi connectivity index (χ4n) is 2.68. The van der Waals surface area contributed by atoms with Gasteiger partial charge in [-0.25, -0.2) is 4.79 Å². The van der Waals surface area contributed by atoms with Crippen LogP contribution in [0.2, 0.25) is 0 Å². The van der Waals surface area contributed by atoms with Crippen LogP contribution < -0.4 is 10.6 Å². The highest BCUT2D eigenvalue weighted by molar-refractivity contribution is 5.90. The van der Waals surface area contributed by atoms with Crippen LogP contribution in [0.4, 0.5) is 5.69 Å². The zero-order valence-electron chi connectivity index (χ0n) is 14.3. The molecule has 0 unspecified atom stereocenters. The molecule has 2 rings (SSSR count). The minimum atomic E-state index is -0.334. The number of ether oxygens (including phenoxy) is 1. The van der Waals surface area contributed by atoms with Crippen molar-refractivity contribution in [3.8, 4) is 0 Å². The van der Waals surface area contributed by atoms with Gasteiger partial charge in [-0.3, -0.25) is 4.79 Å². The number of nitrogens with one attached hydrogen (secondary N) is 2. The quantitative estimate of drug-likeness (QED) is 0.567. The van der Waals surface area contributed by atoms with Crippen LogP contribution in [0.5, 0.6) is 0 Å². The van der Waals surface area contributed by atoms with Gasteiger partial charge in [-0.1, -0.05) is 11.6 Å². The molecule has 0 heterocycles. The summed E-state index contributed by atoms with van der Waals surface area (Å²) in [5.41, 5.74) is 2.77. The van der Waals surface area contributed by atoms with Gasteiger partial charge >= 0.3 is 5.97 Å². The molecule has 1 aliphatic carbocycles. The summed E-state index contributed by atoms with van der Waals surface area (Å²) in [7, 11) is 0. The molecule has 0 fully saturated rings. The standard InChI is InChI=1S/C19H26N2O3/c1-2-24-19(23)16-8-10-17(11-9-16)21-14-18(22)20-13-12-15-6-4-3-5-7-15/h6,8-11,21H,2-5,7,12-14H2,1H3,(H,20,22). The molecule has 0 saturated heterocycles. The van der Waals surface area contributed by atoms with Crippen LogP contribution >= 0.6 is 0 Å². The third kappa shape index (κ3) is 6.07. The third-order valence-electron chi connectivity index (χ3n) is 4.00. The van der Waals surface area contributed by atoms with Gasteiger partial charge in [0.15, 0.2) is 0 Å². The fourth-order valence-corrected chi connectivity index (χ4v) is 2.68. The van der Waals surface area contributed by atoms with Crippen LogP contribution in [0.3, 0.4) is 0 Å². The molecule has 1 amide bonds. The predicted octanol–water partition coefficient (Wildman–Crippen LogP) is 3.28. The topological polar surface area (TPSA) is 67.4 Å². The largest absolute Gasteiger partial charge is 0.462 e. The van der Waals surface area contributed by atoms with Crippen molar-refractivity contribution in [1.82, 2.24) is 5.32 Å². The van der Waals surface area contributed by atoms with Crippen molar-refractivity contribution >= 4 is 17.6 Å². The van der Waals surface area contributed by atoms with Gasteiger partial charge in [0.25, 0.3) is 0 Å². The molecule has 0 saturated carbocycles. The summed E-state index contributed by atoms with van der Waals surface area (Å²) in [6, 6.07) is 6.92. The van der Waals surface area contributed by atoms with Gasteiger partial charge in [0.05, 0.1) is 18.7 Å². The summed E-state index contributed by atoms with van der Waals surface area (Å²) in [6.07, 6.45) is 8.14. The Morgan fingerprint density at radius 3 is 2.62 bits per heavy atom. The molecular weight excluding hydrogens is 304 g/mol. The van der Waals surface area contributed by atoms with E-state index < -0.39 is 0 Å². The number of allylic oxidation sites excluding steroid dienone is 1. The van der Waals surface area contributed by atoms with E-state index in [1.54, 1.807) is 31.2 Å². The van der Waals surface area contributed by atoms with Crippen molar-refractivity contribution < 1.29 is 14.3 Å². The number of benzene rings is 1. The van der Waals surface area contributed by atoms with Crippen LogP contribution in [0.15, 0.2) is 35.9 Å². The van der Waals surface area contributed by atoms with Gasteiger partial charge in [-0.05, 0) is 63.3 Å². The van der Waals surface area contributed by atoms with Crippen LogP contribution in [-0.4, -0.2) is 31.6 Å². The second kappa shape index (κ2) is 9.75. The van der Waals surface area contributed by atoms with Crippen LogP contribution in [0.25, 0.3) is 0 Å².